The van der Waals surface area contributed by atoms with Gasteiger partial charge in [0.15, 0.2) is 0 Å². The number of nitriles is 1. The highest BCUT2D eigenvalue weighted by Crippen LogP contribution is 2.14. The molecular formula is C17H26N4O2. The molecule has 0 saturated carbocycles. The molecule has 1 rings (SSSR count). The average Bonchev–Trinajstić information content (AvgIpc) is 2.51. The highest BCUT2D eigenvalue weighted by Gasteiger charge is 2.13. The largest absolute Gasteiger partial charge is 0.355 e. The Hall–Kier alpha value is -2.13. The molecule has 0 radical (unpaired) electrons. The minimum Gasteiger partial charge on any atom is -0.355 e. The van der Waals surface area contributed by atoms with Crippen molar-refractivity contribution in [2.24, 2.45) is 0 Å². The predicted octanol–water partition coefficient (Wildman–Crippen LogP) is 1.25. The SMILES string of the molecule is CCN(CC)CCNC(=O)CCc1c(C)[nH]c(=O)c(C#N)c1C. The summed E-state index contributed by atoms with van der Waals surface area (Å²) in [5.41, 5.74) is 2.04. The number of rotatable bonds is 8. The molecule has 1 aromatic rings. The molecule has 0 atom stereocenters. The fourth-order valence-electron chi connectivity index (χ4n) is 2.64. The lowest BCUT2D eigenvalue weighted by Crippen LogP contribution is -2.34. The highest BCUT2D eigenvalue weighted by atomic mass is 16.1. The van der Waals surface area contributed by atoms with Gasteiger partial charge in [-0.2, -0.15) is 5.26 Å². The molecule has 1 amide bonds. The number of carbonyl (C=O) groups excluding carboxylic acids is 1. The van der Waals surface area contributed by atoms with Crippen LogP contribution in [0.3, 0.4) is 0 Å². The van der Waals surface area contributed by atoms with Crippen molar-refractivity contribution in [3.8, 4) is 6.07 Å². The molecule has 0 aliphatic rings. The van der Waals surface area contributed by atoms with E-state index in [2.05, 4.69) is 29.0 Å². The van der Waals surface area contributed by atoms with Gasteiger partial charge >= 0.3 is 0 Å². The normalized spacial score (nSPS) is 10.6. The molecule has 0 unspecified atom stereocenters. The number of carbonyl (C=O) groups is 1. The van der Waals surface area contributed by atoms with E-state index in [1.54, 1.807) is 13.8 Å². The molecule has 1 heterocycles. The number of hydrogen-bond donors (Lipinski definition) is 2. The van der Waals surface area contributed by atoms with Gasteiger partial charge < -0.3 is 15.2 Å². The van der Waals surface area contributed by atoms with E-state index in [9.17, 15) is 9.59 Å². The van der Waals surface area contributed by atoms with E-state index in [0.29, 0.717) is 24.9 Å². The van der Waals surface area contributed by atoms with E-state index in [-0.39, 0.29) is 17.0 Å². The van der Waals surface area contributed by atoms with Gasteiger partial charge in [0.25, 0.3) is 5.56 Å². The molecule has 23 heavy (non-hydrogen) atoms. The van der Waals surface area contributed by atoms with E-state index < -0.39 is 0 Å². The summed E-state index contributed by atoms with van der Waals surface area (Å²) in [5, 5.41) is 12.0. The Balaban J connectivity index is 2.60. The van der Waals surface area contributed by atoms with Crippen LogP contribution in [-0.2, 0) is 11.2 Å². The van der Waals surface area contributed by atoms with Crippen LogP contribution in [0.25, 0.3) is 0 Å². The number of aromatic amines is 1. The number of nitrogens with zero attached hydrogens (tertiary/aromatic N) is 2. The van der Waals surface area contributed by atoms with Gasteiger partial charge in [0.1, 0.15) is 11.6 Å². The molecule has 0 saturated heterocycles. The van der Waals surface area contributed by atoms with Gasteiger partial charge in [-0.05, 0) is 44.5 Å². The zero-order valence-electron chi connectivity index (χ0n) is 14.5. The Labute approximate surface area is 137 Å². The number of likely N-dealkylation sites (N-methyl/N-ethyl adjacent to an activating group) is 1. The Bertz CT molecular complexity index is 639. The van der Waals surface area contributed by atoms with Crippen LogP contribution in [0, 0.1) is 25.2 Å². The van der Waals surface area contributed by atoms with Gasteiger partial charge in [0.2, 0.25) is 5.91 Å². The van der Waals surface area contributed by atoms with Gasteiger partial charge in [0.05, 0.1) is 0 Å². The molecule has 0 aliphatic heterocycles. The predicted molar refractivity (Wildman–Crippen MR) is 90.4 cm³/mol. The first-order chi connectivity index (χ1) is 10.9. The van der Waals surface area contributed by atoms with Crippen LogP contribution in [0.4, 0.5) is 0 Å². The number of nitrogens with one attached hydrogen (secondary N) is 2. The lowest BCUT2D eigenvalue weighted by molar-refractivity contribution is -0.121. The fraction of sp³-hybridized carbons (Fsp3) is 0.588. The molecule has 126 valence electrons. The molecule has 0 bridgehead atoms. The Morgan fingerprint density at radius 1 is 1.30 bits per heavy atom. The second-order valence-electron chi connectivity index (χ2n) is 5.55. The third-order valence-electron chi connectivity index (χ3n) is 4.17. The maximum atomic E-state index is 12.0. The van der Waals surface area contributed by atoms with Crippen molar-refractivity contribution in [2.45, 2.75) is 40.5 Å². The second-order valence-corrected chi connectivity index (χ2v) is 5.55. The lowest BCUT2D eigenvalue weighted by atomic mass is 9.99. The quantitative estimate of drug-likeness (QED) is 0.755. The number of amides is 1. The minimum atomic E-state index is -0.366. The van der Waals surface area contributed by atoms with E-state index in [0.717, 1.165) is 30.9 Å². The monoisotopic (exact) mass is 318 g/mol. The van der Waals surface area contributed by atoms with E-state index >= 15 is 0 Å². The number of aryl methyl sites for hydroxylation is 1. The first-order valence-corrected chi connectivity index (χ1v) is 8.06. The Morgan fingerprint density at radius 3 is 2.52 bits per heavy atom. The molecule has 1 aromatic heterocycles. The molecule has 2 N–H and O–H groups in total. The minimum absolute atomic E-state index is 0.0133. The summed E-state index contributed by atoms with van der Waals surface area (Å²) in [4.78, 5) is 28.6. The fourth-order valence-corrected chi connectivity index (χ4v) is 2.64. The standard InChI is InChI=1S/C17H26N4O2/c1-5-21(6-2)10-9-19-16(22)8-7-14-12(3)15(11-18)17(23)20-13(14)4/h5-10H2,1-4H3,(H,19,22)(H,20,23). The molecule has 0 aromatic carbocycles. The van der Waals surface area contributed by atoms with Gasteiger partial charge in [-0.15, -0.1) is 0 Å². The number of aromatic nitrogens is 1. The van der Waals surface area contributed by atoms with E-state index in [1.807, 2.05) is 6.07 Å². The molecular weight excluding hydrogens is 292 g/mol. The first kappa shape index (κ1) is 18.9. The maximum absolute atomic E-state index is 12.0. The van der Waals surface area contributed by atoms with Crippen LogP contribution in [0.5, 0.6) is 0 Å². The third-order valence-corrected chi connectivity index (χ3v) is 4.17. The molecule has 6 heteroatoms. The van der Waals surface area contributed by atoms with Crippen molar-refractivity contribution < 1.29 is 4.79 Å². The summed E-state index contributed by atoms with van der Waals surface area (Å²) in [6.45, 7) is 11.2. The van der Waals surface area contributed by atoms with Crippen molar-refractivity contribution in [1.82, 2.24) is 15.2 Å². The van der Waals surface area contributed by atoms with Crippen molar-refractivity contribution in [3.63, 3.8) is 0 Å². The van der Waals surface area contributed by atoms with E-state index in [1.165, 1.54) is 0 Å². The van der Waals surface area contributed by atoms with Crippen LogP contribution in [0.15, 0.2) is 4.79 Å². The van der Waals surface area contributed by atoms with Crippen LogP contribution >= 0.6 is 0 Å². The molecule has 0 spiro atoms. The third kappa shape index (κ3) is 5.22. The van der Waals surface area contributed by atoms with Gasteiger partial charge in [-0.25, -0.2) is 0 Å². The highest BCUT2D eigenvalue weighted by molar-refractivity contribution is 5.76. The van der Waals surface area contributed by atoms with Crippen molar-refractivity contribution in [3.05, 3.63) is 32.7 Å². The summed E-state index contributed by atoms with van der Waals surface area (Å²) in [6.07, 6.45) is 0.858. The van der Waals surface area contributed by atoms with Crippen molar-refractivity contribution in [2.75, 3.05) is 26.2 Å². The Morgan fingerprint density at radius 2 is 1.96 bits per heavy atom. The van der Waals surface area contributed by atoms with Crippen molar-refractivity contribution >= 4 is 5.91 Å². The van der Waals surface area contributed by atoms with E-state index in [4.69, 9.17) is 5.26 Å². The van der Waals surface area contributed by atoms with Crippen LogP contribution < -0.4 is 10.9 Å². The summed E-state index contributed by atoms with van der Waals surface area (Å²) in [7, 11) is 0. The maximum Gasteiger partial charge on any atom is 0.266 e. The second kappa shape index (κ2) is 9.11. The molecule has 0 fully saturated rings. The molecule has 0 aliphatic carbocycles. The topological polar surface area (TPSA) is 89.0 Å². The summed E-state index contributed by atoms with van der Waals surface area (Å²) < 4.78 is 0. The van der Waals surface area contributed by atoms with Crippen LogP contribution in [0.2, 0.25) is 0 Å². The van der Waals surface area contributed by atoms with Gasteiger partial charge in [0, 0.05) is 25.2 Å². The summed E-state index contributed by atoms with van der Waals surface area (Å²) in [5.74, 6) is -0.0133. The van der Waals surface area contributed by atoms with Gasteiger partial charge in [-0.1, -0.05) is 13.8 Å². The number of hydrogen-bond acceptors (Lipinski definition) is 4. The van der Waals surface area contributed by atoms with Crippen LogP contribution in [0.1, 0.15) is 42.7 Å². The average molecular weight is 318 g/mol. The summed E-state index contributed by atoms with van der Waals surface area (Å²) in [6, 6.07) is 1.93. The lowest BCUT2D eigenvalue weighted by Gasteiger charge is -2.18. The summed E-state index contributed by atoms with van der Waals surface area (Å²) >= 11 is 0. The smallest absolute Gasteiger partial charge is 0.266 e. The molecule has 6 nitrogen and oxygen atoms in total. The Kier molecular flexibility index (Phi) is 7.49. The number of pyridine rings is 1. The first-order valence-electron chi connectivity index (χ1n) is 8.06. The number of H-pyrrole nitrogens is 1. The van der Waals surface area contributed by atoms with Crippen LogP contribution in [-0.4, -0.2) is 42.0 Å². The van der Waals surface area contributed by atoms with Crippen molar-refractivity contribution in [1.29, 1.82) is 5.26 Å². The zero-order valence-corrected chi connectivity index (χ0v) is 14.5. The zero-order chi connectivity index (χ0) is 17.4. The van der Waals surface area contributed by atoms with Gasteiger partial charge in [-0.3, -0.25) is 9.59 Å².